The van der Waals surface area contributed by atoms with E-state index in [1.807, 2.05) is 6.08 Å². The van der Waals surface area contributed by atoms with E-state index >= 15 is 0 Å². The van der Waals surface area contributed by atoms with Gasteiger partial charge in [-0.15, -0.1) is 0 Å². The minimum atomic E-state index is -0.832. The van der Waals surface area contributed by atoms with Crippen molar-refractivity contribution >= 4 is 17.9 Å². The molecule has 0 amide bonds. The largest absolute Gasteiger partial charge is 0.462 e. The number of carbonyl (C=O) groups excluding carboxylic acids is 3. The number of unbranched alkanes of at least 4 members (excludes halogenated alkanes) is 23. The first kappa shape index (κ1) is 60.6. The fraction of sp³-hybridized carbons (Fsp3) is 0.707. The molecule has 0 aliphatic carbocycles. The quantitative estimate of drug-likeness (QED) is 0.0262. The van der Waals surface area contributed by atoms with Crippen molar-refractivity contribution in [3.8, 4) is 0 Å². The summed E-state index contributed by atoms with van der Waals surface area (Å²) in [5.74, 6) is -1.05. The number of rotatable bonds is 47. The van der Waals surface area contributed by atoms with E-state index in [4.69, 9.17) is 14.2 Å². The Hall–Kier alpha value is -3.41. The summed E-state index contributed by atoms with van der Waals surface area (Å²) in [6.45, 7) is 6.41. The van der Waals surface area contributed by atoms with Crippen LogP contribution in [0.5, 0.6) is 0 Å². The number of hydrogen-bond acceptors (Lipinski definition) is 6. The standard InChI is InChI=1S/C58H98O6/c1-4-7-10-13-16-19-22-25-28-29-31-33-36-39-42-45-48-51-57(60)63-54-55(53-62-56(59)50-47-44-41-38-35-32-27-24-21-18-15-12-9-6-3)64-58(61)52-49-46-43-40-37-34-30-26-23-20-17-14-11-8-5-2/h8,11,16-17,19-20,25-26,28,30,37,40,46,49,55H,4-7,9-10,12-15,18,21-24,27,29,31-36,38-39,41-45,47-48,50-54H2,1-3H3/b11-8-,19-16-,20-17-,28-25-,30-26-,40-37-,49-46-. The average molecular weight is 891 g/mol. The summed E-state index contributed by atoms with van der Waals surface area (Å²) in [5.41, 5.74) is 0. The van der Waals surface area contributed by atoms with Crippen LogP contribution in [-0.4, -0.2) is 37.2 Å². The van der Waals surface area contributed by atoms with Gasteiger partial charge in [-0.05, 0) is 77.0 Å². The molecule has 0 rings (SSSR count). The lowest BCUT2D eigenvalue weighted by Gasteiger charge is -2.18. The molecule has 0 heterocycles. The predicted molar refractivity (Wildman–Crippen MR) is 274 cm³/mol. The molecule has 0 aromatic rings. The number of esters is 3. The summed E-state index contributed by atoms with van der Waals surface area (Å²) < 4.78 is 16.7. The van der Waals surface area contributed by atoms with Crippen molar-refractivity contribution in [1.82, 2.24) is 0 Å². The monoisotopic (exact) mass is 891 g/mol. The topological polar surface area (TPSA) is 78.9 Å². The van der Waals surface area contributed by atoms with Gasteiger partial charge >= 0.3 is 17.9 Å². The Balaban J connectivity index is 4.50. The third-order valence-corrected chi connectivity index (χ3v) is 11.2. The maximum atomic E-state index is 12.7. The normalized spacial score (nSPS) is 12.7. The molecule has 6 nitrogen and oxygen atoms in total. The van der Waals surface area contributed by atoms with Gasteiger partial charge in [-0.3, -0.25) is 14.4 Å². The lowest BCUT2D eigenvalue weighted by atomic mass is 10.0. The van der Waals surface area contributed by atoms with E-state index in [0.29, 0.717) is 12.8 Å². The van der Waals surface area contributed by atoms with Crippen LogP contribution in [0.15, 0.2) is 85.1 Å². The lowest BCUT2D eigenvalue weighted by Crippen LogP contribution is -2.30. The van der Waals surface area contributed by atoms with Crippen LogP contribution in [-0.2, 0) is 28.6 Å². The number of ether oxygens (including phenoxy) is 3. The van der Waals surface area contributed by atoms with Crippen LogP contribution in [0.4, 0.5) is 0 Å². The van der Waals surface area contributed by atoms with Crippen LogP contribution in [0.2, 0.25) is 0 Å². The molecule has 6 heteroatoms. The SMILES string of the molecule is CC/C=C\C/C=C\C/C=C\C/C=C\C/C=C\CC(=O)OC(COC(=O)CCCCCCCCC/C=C\C/C=C\CCCCC)COC(=O)CCCCCCCCCCCCCCCC. The molecule has 1 atom stereocenters. The summed E-state index contributed by atoms with van der Waals surface area (Å²) in [7, 11) is 0. The molecule has 0 radical (unpaired) electrons. The highest BCUT2D eigenvalue weighted by molar-refractivity contribution is 5.72. The summed E-state index contributed by atoms with van der Waals surface area (Å²) in [6.07, 6.45) is 67.3. The smallest absolute Gasteiger partial charge is 0.310 e. The van der Waals surface area contributed by atoms with Gasteiger partial charge in [0, 0.05) is 12.8 Å². The van der Waals surface area contributed by atoms with Gasteiger partial charge in [-0.2, -0.15) is 0 Å². The van der Waals surface area contributed by atoms with Gasteiger partial charge in [0.15, 0.2) is 6.10 Å². The fourth-order valence-corrected chi connectivity index (χ4v) is 7.19. The van der Waals surface area contributed by atoms with E-state index in [1.54, 1.807) is 6.08 Å². The van der Waals surface area contributed by atoms with Crippen molar-refractivity contribution in [1.29, 1.82) is 0 Å². The second kappa shape index (κ2) is 52.2. The van der Waals surface area contributed by atoms with Gasteiger partial charge in [-0.25, -0.2) is 0 Å². The molecule has 64 heavy (non-hydrogen) atoms. The second-order valence-corrected chi connectivity index (χ2v) is 17.4. The van der Waals surface area contributed by atoms with Gasteiger partial charge in [0.25, 0.3) is 0 Å². The Morgan fingerprint density at radius 2 is 0.656 bits per heavy atom. The van der Waals surface area contributed by atoms with Crippen LogP contribution in [0.1, 0.15) is 245 Å². The molecule has 0 N–H and O–H groups in total. The molecule has 0 saturated carbocycles. The fourth-order valence-electron chi connectivity index (χ4n) is 7.19. The molecule has 0 saturated heterocycles. The zero-order valence-electron chi connectivity index (χ0n) is 41.8. The van der Waals surface area contributed by atoms with Crippen molar-refractivity contribution < 1.29 is 28.6 Å². The summed E-state index contributed by atoms with van der Waals surface area (Å²) in [6, 6.07) is 0. The third-order valence-electron chi connectivity index (χ3n) is 11.2. The van der Waals surface area contributed by atoms with E-state index in [-0.39, 0.29) is 31.6 Å². The minimum Gasteiger partial charge on any atom is -0.462 e. The van der Waals surface area contributed by atoms with Gasteiger partial charge < -0.3 is 14.2 Å². The summed E-state index contributed by atoms with van der Waals surface area (Å²) >= 11 is 0. The predicted octanol–water partition coefficient (Wildman–Crippen LogP) is 17.6. The van der Waals surface area contributed by atoms with E-state index < -0.39 is 12.1 Å². The Morgan fingerprint density at radius 3 is 1.06 bits per heavy atom. The maximum absolute atomic E-state index is 12.7. The highest BCUT2D eigenvalue weighted by Gasteiger charge is 2.19. The molecule has 0 aliphatic rings. The first-order valence-electron chi connectivity index (χ1n) is 26.6. The van der Waals surface area contributed by atoms with Gasteiger partial charge in [0.1, 0.15) is 13.2 Å². The Labute approximate surface area is 395 Å². The first-order valence-corrected chi connectivity index (χ1v) is 26.6. The molecule has 366 valence electrons. The molecule has 0 spiro atoms. The highest BCUT2D eigenvalue weighted by Crippen LogP contribution is 2.15. The van der Waals surface area contributed by atoms with Crippen LogP contribution >= 0.6 is 0 Å². The van der Waals surface area contributed by atoms with Gasteiger partial charge in [-0.1, -0.05) is 234 Å². The molecule has 0 bridgehead atoms. The summed E-state index contributed by atoms with van der Waals surface area (Å²) in [5, 5.41) is 0. The molecule has 1 unspecified atom stereocenters. The number of carbonyl (C=O) groups is 3. The van der Waals surface area contributed by atoms with Crippen LogP contribution in [0, 0.1) is 0 Å². The van der Waals surface area contributed by atoms with Crippen molar-refractivity contribution in [2.24, 2.45) is 0 Å². The Morgan fingerprint density at radius 1 is 0.344 bits per heavy atom. The van der Waals surface area contributed by atoms with E-state index in [0.717, 1.165) is 83.5 Å². The van der Waals surface area contributed by atoms with E-state index in [9.17, 15) is 14.4 Å². The lowest BCUT2D eigenvalue weighted by molar-refractivity contribution is -0.166. The Kier molecular flexibility index (Phi) is 49.4. The molecular weight excluding hydrogens is 793 g/mol. The average Bonchev–Trinajstić information content (AvgIpc) is 3.29. The van der Waals surface area contributed by atoms with Crippen LogP contribution in [0.25, 0.3) is 0 Å². The van der Waals surface area contributed by atoms with Gasteiger partial charge in [0.05, 0.1) is 6.42 Å². The van der Waals surface area contributed by atoms with Crippen LogP contribution in [0.3, 0.4) is 0 Å². The van der Waals surface area contributed by atoms with Crippen molar-refractivity contribution in [3.05, 3.63) is 85.1 Å². The molecule has 0 aromatic heterocycles. The zero-order valence-corrected chi connectivity index (χ0v) is 41.8. The molecule has 0 aliphatic heterocycles. The number of hydrogen-bond donors (Lipinski definition) is 0. The van der Waals surface area contributed by atoms with Crippen molar-refractivity contribution in [2.75, 3.05) is 13.2 Å². The van der Waals surface area contributed by atoms with Gasteiger partial charge in [0.2, 0.25) is 0 Å². The Bertz CT molecular complexity index is 1250. The zero-order chi connectivity index (χ0) is 46.5. The highest BCUT2D eigenvalue weighted by atomic mass is 16.6. The molecular formula is C58H98O6. The molecule has 0 aromatic carbocycles. The van der Waals surface area contributed by atoms with E-state index in [1.165, 1.54) is 122 Å². The van der Waals surface area contributed by atoms with Crippen molar-refractivity contribution in [2.45, 2.75) is 252 Å². The maximum Gasteiger partial charge on any atom is 0.310 e. The van der Waals surface area contributed by atoms with Crippen molar-refractivity contribution in [3.63, 3.8) is 0 Å². The van der Waals surface area contributed by atoms with Crippen LogP contribution < -0.4 is 0 Å². The summed E-state index contributed by atoms with van der Waals surface area (Å²) in [4.78, 5) is 38.0. The second-order valence-electron chi connectivity index (χ2n) is 17.4. The third kappa shape index (κ3) is 49.6. The molecule has 0 fully saturated rings. The number of allylic oxidation sites excluding steroid dienone is 13. The van der Waals surface area contributed by atoms with E-state index in [2.05, 4.69) is 93.7 Å². The first-order chi connectivity index (χ1) is 31.5. The minimum absolute atomic E-state index is 0.0957.